The fraction of sp³-hybridized carbons (Fsp3) is 0.407. The largest absolute Gasteiger partial charge is 0.493 e. The molecule has 0 aromatic heterocycles. The second-order valence-electron chi connectivity index (χ2n) is 8.68. The Morgan fingerprint density at radius 2 is 1.81 bits per heavy atom. The molecule has 0 saturated carbocycles. The number of carbonyl (C=O) groups is 2. The number of esters is 2. The Kier molecular flexibility index (Phi) is 11.4. The third-order valence-electron chi connectivity index (χ3n) is 5.19. The molecule has 0 aliphatic heterocycles. The van der Waals surface area contributed by atoms with Gasteiger partial charge in [0.2, 0.25) is 0 Å². The molecule has 9 nitrogen and oxygen atoms in total. The van der Waals surface area contributed by atoms with Gasteiger partial charge in [-0.1, -0.05) is 38.1 Å². The van der Waals surface area contributed by atoms with Gasteiger partial charge in [0.15, 0.2) is 11.5 Å². The molecule has 0 unspecified atom stereocenters. The highest BCUT2D eigenvalue weighted by Crippen LogP contribution is 2.29. The van der Waals surface area contributed by atoms with Gasteiger partial charge < -0.3 is 19.0 Å². The number of hydrogen-bond acceptors (Lipinski definition) is 8. The molecule has 0 aliphatic carbocycles. The predicted octanol–water partition coefficient (Wildman–Crippen LogP) is 4.90. The first kappa shape index (κ1) is 28.4. The smallest absolute Gasteiger partial charge is 0.330 e. The highest BCUT2D eigenvalue weighted by molar-refractivity contribution is 5.87. The van der Waals surface area contributed by atoms with Crippen LogP contribution >= 0.6 is 0 Å². The fourth-order valence-electron chi connectivity index (χ4n) is 3.47. The molecule has 0 radical (unpaired) electrons. The van der Waals surface area contributed by atoms with E-state index in [0.29, 0.717) is 30.1 Å². The summed E-state index contributed by atoms with van der Waals surface area (Å²) in [5.41, 5.74) is 3.86. The number of aryl methyl sites for hydroxylation is 1. The molecule has 194 valence electrons. The van der Waals surface area contributed by atoms with Crippen LogP contribution in [0.5, 0.6) is 11.5 Å². The van der Waals surface area contributed by atoms with E-state index >= 15 is 0 Å². The number of hydrogen-bond donors (Lipinski definition) is 0. The van der Waals surface area contributed by atoms with Crippen molar-refractivity contribution in [3.63, 3.8) is 0 Å². The lowest BCUT2D eigenvalue weighted by atomic mass is 9.97. The molecular formula is C27H33NO8. The number of unbranched alkanes of at least 4 members (excludes halogenated alkanes) is 1. The van der Waals surface area contributed by atoms with Crippen molar-refractivity contribution in [3.8, 4) is 11.5 Å². The maximum absolute atomic E-state index is 12.6. The number of ether oxygens (including phenoxy) is 3. The molecular weight excluding hydrogens is 466 g/mol. The van der Waals surface area contributed by atoms with Crippen LogP contribution in [0, 0.1) is 23.0 Å². The summed E-state index contributed by atoms with van der Waals surface area (Å²) in [6.07, 6.45) is 4.79. The second kappa shape index (κ2) is 14.5. The van der Waals surface area contributed by atoms with Crippen molar-refractivity contribution >= 4 is 18.0 Å². The maximum Gasteiger partial charge on any atom is 0.330 e. The van der Waals surface area contributed by atoms with E-state index in [1.807, 2.05) is 19.1 Å². The van der Waals surface area contributed by atoms with Crippen molar-refractivity contribution in [2.24, 2.45) is 5.92 Å². The average molecular weight is 500 g/mol. The van der Waals surface area contributed by atoms with E-state index in [1.165, 1.54) is 18.7 Å². The lowest BCUT2D eigenvalue weighted by molar-refractivity contribution is -0.757. The van der Waals surface area contributed by atoms with E-state index < -0.39 is 17.0 Å². The van der Waals surface area contributed by atoms with Gasteiger partial charge in [0, 0.05) is 6.08 Å². The zero-order valence-electron chi connectivity index (χ0n) is 21.2. The number of benzene rings is 2. The number of methoxy groups -OCH3 is 1. The van der Waals surface area contributed by atoms with Gasteiger partial charge in [0.25, 0.3) is 5.09 Å². The normalized spacial score (nSPS) is 10.9. The van der Waals surface area contributed by atoms with E-state index in [-0.39, 0.29) is 25.4 Å². The standard InChI is InChI=1S/C27H33NO8/c1-19(2)15-22-7-10-23(20(3)16-22)18-27(30)36-24-11-8-21(17-25(24)33-4)9-12-26(29)34-13-5-6-14-35-28(31)32/h7-12,16-17,19H,5-6,13-15,18H2,1-4H3. The quantitative estimate of drug-likeness (QED) is 0.0901. The molecule has 0 heterocycles. The van der Waals surface area contributed by atoms with Gasteiger partial charge in [-0.05, 0) is 72.6 Å². The molecule has 0 aliphatic rings. The lowest BCUT2D eigenvalue weighted by Crippen LogP contribution is -2.13. The molecule has 0 spiro atoms. The van der Waals surface area contributed by atoms with E-state index in [4.69, 9.17) is 14.2 Å². The molecule has 0 bridgehead atoms. The summed E-state index contributed by atoms with van der Waals surface area (Å²) in [5.74, 6) is 0.255. The van der Waals surface area contributed by atoms with Crippen LogP contribution in [0.4, 0.5) is 0 Å². The first-order valence-corrected chi connectivity index (χ1v) is 11.8. The van der Waals surface area contributed by atoms with Crippen LogP contribution < -0.4 is 9.47 Å². The van der Waals surface area contributed by atoms with E-state index in [0.717, 1.165) is 17.5 Å². The van der Waals surface area contributed by atoms with Crippen molar-refractivity contribution in [1.29, 1.82) is 0 Å². The Morgan fingerprint density at radius 1 is 1.06 bits per heavy atom. The van der Waals surface area contributed by atoms with Gasteiger partial charge in [-0.3, -0.25) is 4.79 Å². The summed E-state index contributed by atoms with van der Waals surface area (Å²) in [6.45, 7) is 6.42. The lowest BCUT2D eigenvalue weighted by Gasteiger charge is -2.12. The topological polar surface area (TPSA) is 114 Å². The molecule has 0 atom stereocenters. The predicted molar refractivity (Wildman–Crippen MR) is 134 cm³/mol. The molecule has 0 amide bonds. The minimum Gasteiger partial charge on any atom is -0.493 e. The third-order valence-corrected chi connectivity index (χ3v) is 5.19. The molecule has 0 saturated heterocycles. The fourth-order valence-corrected chi connectivity index (χ4v) is 3.47. The van der Waals surface area contributed by atoms with Crippen molar-refractivity contribution in [3.05, 3.63) is 74.8 Å². The van der Waals surface area contributed by atoms with Crippen molar-refractivity contribution < 1.29 is 33.7 Å². The van der Waals surface area contributed by atoms with Gasteiger partial charge in [0.05, 0.1) is 26.7 Å². The maximum atomic E-state index is 12.6. The van der Waals surface area contributed by atoms with Crippen LogP contribution in [-0.2, 0) is 32.0 Å². The van der Waals surface area contributed by atoms with Crippen molar-refractivity contribution in [2.75, 3.05) is 20.3 Å². The van der Waals surface area contributed by atoms with Crippen LogP contribution in [0.3, 0.4) is 0 Å². The monoisotopic (exact) mass is 499 g/mol. The molecule has 0 N–H and O–H groups in total. The minimum atomic E-state index is -0.859. The number of nitrogens with zero attached hydrogens (tertiary/aromatic N) is 1. The zero-order chi connectivity index (χ0) is 26.5. The summed E-state index contributed by atoms with van der Waals surface area (Å²) in [7, 11) is 1.47. The minimum absolute atomic E-state index is 0.0404. The second-order valence-corrected chi connectivity index (χ2v) is 8.68. The molecule has 0 fully saturated rings. The highest BCUT2D eigenvalue weighted by Gasteiger charge is 2.13. The third kappa shape index (κ3) is 10.2. The van der Waals surface area contributed by atoms with Crippen molar-refractivity contribution in [1.82, 2.24) is 0 Å². The Hall–Kier alpha value is -3.88. The number of rotatable bonds is 14. The van der Waals surface area contributed by atoms with Crippen LogP contribution in [0.15, 0.2) is 42.5 Å². The first-order valence-electron chi connectivity index (χ1n) is 11.8. The number of carbonyl (C=O) groups excluding carboxylic acids is 2. The molecule has 9 heteroatoms. The average Bonchev–Trinajstić information content (AvgIpc) is 2.81. The Morgan fingerprint density at radius 3 is 2.47 bits per heavy atom. The summed E-state index contributed by atoms with van der Waals surface area (Å²) < 4.78 is 15.9. The van der Waals surface area contributed by atoms with Crippen LogP contribution in [0.1, 0.15) is 48.9 Å². The summed E-state index contributed by atoms with van der Waals surface area (Å²) >= 11 is 0. The molecule has 2 aromatic rings. The summed E-state index contributed by atoms with van der Waals surface area (Å²) in [4.78, 5) is 38.7. The van der Waals surface area contributed by atoms with E-state index in [9.17, 15) is 19.7 Å². The van der Waals surface area contributed by atoms with Crippen LogP contribution in [0.25, 0.3) is 6.08 Å². The SMILES string of the molecule is COc1cc(C=CC(=O)OCCCCO[N+](=O)[O-])ccc1OC(=O)Cc1ccc(CC(C)C)cc1C. The van der Waals surface area contributed by atoms with Crippen LogP contribution in [0.2, 0.25) is 0 Å². The first-order chi connectivity index (χ1) is 17.2. The van der Waals surface area contributed by atoms with Gasteiger partial charge in [0.1, 0.15) is 0 Å². The van der Waals surface area contributed by atoms with Gasteiger partial charge in [-0.2, -0.15) is 0 Å². The van der Waals surface area contributed by atoms with Gasteiger partial charge in [-0.25, -0.2) is 4.79 Å². The highest BCUT2D eigenvalue weighted by atomic mass is 16.9. The molecule has 36 heavy (non-hydrogen) atoms. The summed E-state index contributed by atoms with van der Waals surface area (Å²) in [5, 5.41) is 9.20. The van der Waals surface area contributed by atoms with E-state index in [2.05, 4.69) is 24.8 Å². The Balaban J connectivity index is 1.89. The Bertz CT molecular complexity index is 1080. The Labute approximate surface area is 211 Å². The zero-order valence-corrected chi connectivity index (χ0v) is 21.2. The van der Waals surface area contributed by atoms with E-state index in [1.54, 1.807) is 24.3 Å². The molecule has 2 aromatic carbocycles. The summed E-state index contributed by atoms with van der Waals surface area (Å²) in [6, 6.07) is 11.1. The van der Waals surface area contributed by atoms with Gasteiger partial charge >= 0.3 is 11.9 Å². The molecule has 2 rings (SSSR count). The van der Waals surface area contributed by atoms with Crippen LogP contribution in [-0.4, -0.2) is 37.3 Å². The van der Waals surface area contributed by atoms with Crippen molar-refractivity contribution in [2.45, 2.75) is 46.5 Å². The van der Waals surface area contributed by atoms with Gasteiger partial charge in [-0.15, -0.1) is 10.1 Å².